The molecule has 0 unspecified atom stereocenters. The molecule has 2 aromatic carbocycles. The lowest BCUT2D eigenvalue weighted by Crippen LogP contribution is -2.48. The summed E-state index contributed by atoms with van der Waals surface area (Å²) in [6.07, 6.45) is 0. The van der Waals surface area contributed by atoms with Gasteiger partial charge in [0.15, 0.2) is 0 Å². The Kier molecular flexibility index (Phi) is 4.73. The van der Waals surface area contributed by atoms with Crippen molar-refractivity contribution in [1.82, 2.24) is 19.8 Å². The van der Waals surface area contributed by atoms with Gasteiger partial charge in [0.25, 0.3) is 5.91 Å². The fourth-order valence-electron chi connectivity index (χ4n) is 3.49. The fraction of sp³-hybridized carbons (Fsp3) is 0.286. The molecule has 3 aromatic rings. The SMILES string of the molecule is Cc1cccc(C(=O)N2CCN(Cc3nc(N)c4ccccc4n3)CC2)c1. The van der Waals surface area contributed by atoms with Gasteiger partial charge in [-0.2, -0.15) is 0 Å². The Morgan fingerprint density at radius 1 is 1.04 bits per heavy atom. The zero-order chi connectivity index (χ0) is 18.8. The predicted molar refractivity (Wildman–Crippen MR) is 106 cm³/mol. The highest BCUT2D eigenvalue weighted by Crippen LogP contribution is 2.18. The molecule has 1 aliphatic heterocycles. The van der Waals surface area contributed by atoms with Crippen molar-refractivity contribution >= 4 is 22.6 Å². The number of hydrogen-bond donors (Lipinski definition) is 1. The number of aromatic nitrogens is 2. The van der Waals surface area contributed by atoms with Crippen LogP contribution in [0.4, 0.5) is 5.82 Å². The van der Waals surface area contributed by atoms with Crippen molar-refractivity contribution in [3.05, 3.63) is 65.5 Å². The molecule has 6 nitrogen and oxygen atoms in total. The summed E-state index contributed by atoms with van der Waals surface area (Å²) in [4.78, 5) is 25.9. The van der Waals surface area contributed by atoms with Gasteiger partial charge in [-0.3, -0.25) is 9.69 Å². The minimum Gasteiger partial charge on any atom is -0.383 e. The summed E-state index contributed by atoms with van der Waals surface area (Å²) < 4.78 is 0. The number of rotatable bonds is 3. The van der Waals surface area contributed by atoms with E-state index in [4.69, 9.17) is 5.73 Å². The molecule has 0 spiro atoms. The first kappa shape index (κ1) is 17.4. The second kappa shape index (κ2) is 7.32. The summed E-state index contributed by atoms with van der Waals surface area (Å²) in [7, 11) is 0. The molecule has 0 saturated carbocycles. The fourth-order valence-corrected chi connectivity index (χ4v) is 3.49. The summed E-state index contributed by atoms with van der Waals surface area (Å²) in [5.74, 6) is 1.35. The smallest absolute Gasteiger partial charge is 0.253 e. The number of nitrogen functional groups attached to an aromatic ring is 1. The number of carbonyl (C=O) groups is 1. The van der Waals surface area contributed by atoms with Crippen molar-refractivity contribution in [3.8, 4) is 0 Å². The number of hydrogen-bond acceptors (Lipinski definition) is 5. The Morgan fingerprint density at radius 2 is 1.81 bits per heavy atom. The van der Waals surface area contributed by atoms with E-state index >= 15 is 0 Å². The van der Waals surface area contributed by atoms with Crippen LogP contribution < -0.4 is 5.73 Å². The van der Waals surface area contributed by atoms with E-state index in [-0.39, 0.29) is 5.91 Å². The number of carbonyl (C=O) groups excluding carboxylic acids is 1. The van der Waals surface area contributed by atoms with Gasteiger partial charge in [0.1, 0.15) is 11.6 Å². The van der Waals surface area contributed by atoms with Gasteiger partial charge in [-0.25, -0.2) is 9.97 Å². The number of amides is 1. The van der Waals surface area contributed by atoms with E-state index in [0.717, 1.165) is 40.9 Å². The first-order valence-corrected chi connectivity index (χ1v) is 9.19. The van der Waals surface area contributed by atoms with Crippen molar-refractivity contribution in [2.24, 2.45) is 0 Å². The first-order valence-electron chi connectivity index (χ1n) is 9.19. The molecule has 0 aliphatic carbocycles. The summed E-state index contributed by atoms with van der Waals surface area (Å²) in [6.45, 7) is 5.65. The second-order valence-corrected chi connectivity index (χ2v) is 6.98. The first-order chi connectivity index (χ1) is 13.1. The van der Waals surface area contributed by atoms with Gasteiger partial charge in [0.2, 0.25) is 0 Å². The molecule has 2 heterocycles. The van der Waals surface area contributed by atoms with Crippen LogP contribution in [0.1, 0.15) is 21.7 Å². The van der Waals surface area contributed by atoms with E-state index in [1.807, 2.05) is 60.4 Å². The molecule has 4 rings (SSSR count). The number of nitrogens with zero attached hydrogens (tertiary/aromatic N) is 4. The van der Waals surface area contributed by atoms with E-state index < -0.39 is 0 Å². The lowest BCUT2D eigenvalue weighted by atomic mass is 10.1. The molecule has 2 N–H and O–H groups in total. The van der Waals surface area contributed by atoms with Crippen molar-refractivity contribution in [3.63, 3.8) is 0 Å². The highest BCUT2D eigenvalue weighted by molar-refractivity contribution is 5.94. The van der Waals surface area contributed by atoms with Crippen LogP contribution in [-0.2, 0) is 6.54 Å². The van der Waals surface area contributed by atoms with Crippen molar-refractivity contribution < 1.29 is 4.79 Å². The van der Waals surface area contributed by atoms with Crippen LogP contribution in [0.2, 0.25) is 0 Å². The minimum atomic E-state index is 0.101. The third-order valence-electron chi connectivity index (χ3n) is 4.97. The molecule has 1 fully saturated rings. The monoisotopic (exact) mass is 361 g/mol. The number of nitrogens with two attached hydrogens (primary N) is 1. The molecule has 1 aromatic heterocycles. The molecular formula is C21H23N5O. The van der Waals surface area contributed by atoms with Crippen LogP contribution in [0.3, 0.4) is 0 Å². The molecule has 138 valence electrons. The minimum absolute atomic E-state index is 0.101. The van der Waals surface area contributed by atoms with Gasteiger partial charge in [0.05, 0.1) is 12.1 Å². The molecule has 6 heteroatoms. The van der Waals surface area contributed by atoms with Crippen LogP contribution in [0, 0.1) is 6.92 Å². The molecule has 27 heavy (non-hydrogen) atoms. The maximum absolute atomic E-state index is 12.7. The topological polar surface area (TPSA) is 75.4 Å². The van der Waals surface area contributed by atoms with Gasteiger partial charge in [-0.1, -0.05) is 29.8 Å². The third-order valence-corrected chi connectivity index (χ3v) is 4.97. The highest BCUT2D eigenvalue weighted by atomic mass is 16.2. The average Bonchev–Trinajstić information content (AvgIpc) is 2.68. The average molecular weight is 361 g/mol. The van der Waals surface area contributed by atoms with Gasteiger partial charge >= 0.3 is 0 Å². The Hall–Kier alpha value is -2.99. The maximum atomic E-state index is 12.7. The lowest BCUT2D eigenvalue weighted by molar-refractivity contribution is 0.0625. The summed E-state index contributed by atoms with van der Waals surface area (Å²) >= 11 is 0. The molecule has 1 aliphatic rings. The van der Waals surface area contributed by atoms with E-state index in [9.17, 15) is 4.79 Å². The lowest BCUT2D eigenvalue weighted by Gasteiger charge is -2.34. The molecule has 0 atom stereocenters. The van der Waals surface area contributed by atoms with Crippen molar-refractivity contribution in [1.29, 1.82) is 0 Å². The van der Waals surface area contributed by atoms with Crippen LogP contribution in [0.5, 0.6) is 0 Å². The number of para-hydroxylation sites is 1. The molecular weight excluding hydrogens is 338 g/mol. The number of benzene rings is 2. The normalized spacial score (nSPS) is 15.2. The Balaban J connectivity index is 1.40. The number of fused-ring (bicyclic) bond motifs is 1. The second-order valence-electron chi connectivity index (χ2n) is 6.98. The summed E-state index contributed by atoms with van der Waals surface area (Å²) in [6, 6.07) is 15.5. The Labute approximate surface area is 158 Å². The largest absolute Gasteiger partial charge is 0.383 e. The highest BCUT2D eigenvalue weighted by Gasteiger charge is 2.23. The van der Waals surface area contributed by atoms with E-state index in [0.29, 0.717) is 25.5 Å². The Morgan fingerprint density at radius 3 is 2.59 bits per heavy atom. The zero-order valence-corrected chi connectivity index (χ0v) is 15.4. The number of anilines is 1. The van der Waals surface area contributed by atoms with Crippen LogP contribution >= 0.6 is 0 Å². The van der Waals surface area contributed by atoms with Crippen molar-refractivity contribution in [2.45, 2.75) is 13.5 Å². The van der Waals surface area contributed by atoms with Crippen LogP contribution in [-0.4, -0.2) is 51.9 Å². The standard InChI is InChI=1S/C21H23N5O/c1-15-5-4-6-16(13-15)21(27)26-11-9-25(10-12-26)14-19-23-18-8-3-2-7-17(18)20(22)24-19/h2-8,13H,9-12,14H2,1H3,(H2,22,23,24). The molecule has 1 amide bonds. The summed E-state index contributed by atoms with van der Waals surface area (Å²) in [5.41, 5.74) is 8.81. The Bertz CT molecular complexity index is 979. The third kappa shape index (κ3) is 3.75. The van der Waals surface area contributed by atoms with Crippen LogP contribution in [0.15, 0.2) is 48.5 Å². The summed E-state index contributed by atoms with van der Waals surface area (Å²) in [5, 5.41) is 0.884. The van der Waals surface area contributed by atoms with Gasteiger partial charge < -0.3 is 10.6 Å². The number of aryl methyl sites for hydroxylation is 1. The van der Waals surface area contributed by atoms with Crippen molar-refractivity contribution in [2.75, 3.05) is 31.9 Å². The maximum Gasteiger partial charge on any atom is 0.253 e. The molecule has 0 bridgehead atoms. The molecule has 0 radical (unpaired) electrons. The van der Waals surface area contributed by atoms with Gasteiger partial charge in [-0.15, -0.1) is 0 Å². The van der Waals surface area contributed by atoms with Gasteiger partial charge in [0, 0.05) is 37.1 Å². The molecule has 1 saturated heterocycles. The van der Waals surface area contributed by atoms with Gasteiger partial charge in [-0.05, 0) is 31.2 Å². The van der Waals surface area contributed by atoms with E-state index in [1.54, 1.807) is 0 Å². The van der Waals surface area contributed by atoms with Crippen LogP contribution in [0.25, 0.3) is 10.9 Å². The van der Waals surface area contributed by atoms with E-state index in [1.165, 1.54) is 0 Å². The zero-order valence-electron chi connectivity index (χ0n) is 15.4. The quantitative estimate of drug-likeness (QED) is 0.776. The number of piperazine rings is 1. The predicted octanol–water partition coefficient (Wildman–Crippen LogP) is 2.48. The van der Waals surface area contributed by atoms with E-state index in [2.05, 4.69) is 14.9 Å².